The van der Waals surface area contributed by atoms with Crippen LogP contribution in [0.15, 0.2) is 41.8 Å². The number of nitrogens with zero attached hydrogens (tertiary/aromatic N) is 1. The van der Waals surface area contributed by atoms with Crippen molar-refractivity contribution in [3.8, 4) is 0 Å². The van der Waals surface area contributed by atoms with E-state index < -0.39 is 0 Å². The number of ether oxygens (including phenoxy) is 1. The fourth-order valence-corrected chi connectivity index (χ4v) is 3.56. The van der Waals surface area contributed by atoms with Crippen LogP contribution in [0.1, 0.15) is 38.4 Å². The average Bonchev–Trinajstić information content (AvgIpc) is 3.21. The lowest BCUT2D eigenvalue weighted by molar-refractivity contribution is 0.0350. The lowest BCUT2D eigenvalue weighted by atomic mass is 10.1. The fourth-order valence-electron chi connectivity index (χ4n) is 2.92. The van der Waals surface area contributed by atoms with E-state index in [1.807, 2.05) is 40.6 Å². The fraction of sp³-hybridized carbons (Fsp3) is 0.368. The summed E-state index contributed by atoms with van der Waals surface area (Å²) in [6.45, 7) is 1.91. The van der Waals surface area contributed by atoms with Gasteiger partial charge in [0.15, 0.2) is 0 Å². The van der Waals surface area contributed by atoms with E-state index in [1.54, 1.807) is 13.2 Å². The minimum absolute atomic E-state index is 0.0590. The van der Waals surface area contributed by atoms with Crippen LogP contribution >= 0.6 is 11.3 Å². The highest BCUT2D eigenvalue weighted by Crippen LogP contribution is 2.16. The Labute approximate surface area is 151 Å². The maximum atomic E-state index is 12.5. The van der Waals surface area contributed by atoms with Gasteiger partial charge in [0.05, 0.1) is 11.0 Å². The normalized spacial score (nSPS) is 15.2. The van der Waals surface area contributed by atoms with Gasteiger partial charge in [-0.2, -0.15) is 0 Å². The quantitative estimate of drug-likeness (QED) is 0.894. The molecule has 1 fully saturated rings. The van der Waals surface area contributed by atoms with Crippen LogP contribution in [0.25, 0.3) is 0 Å². The first-order chi connectivity index (χ1) is 12.2. The van der Waals surface area contributed by atoms with Crippen molar-refractivity contribution in [1.29, 1.82) is 0 Å². The van der Waals surface area contributed by atoms with Crippen LogP contribution in [0.3, 0.4) is 0 Å². The molecule has 6 heteroatoms. The maximum absolute atomic E-state index is 12.5. The van der Waals surface area contributed by atoms with E-state index in [2.05, 4.69) is 5.32 Å². The molecule has 3 rings (SSSR count). The van der Waals surface area contributed by atoms with Crippen molar-refractivity contribution in [1.82, 2.24) is 10.2 Å². The van der Waals surface area contributed by atoms with Crippen molar-refractivity contribution in [3.63, 3.8) is 0 Å². The van der Waals surface area contributed by atoms with Gasteiger partial charge < -0.3 is 15.0 Å². The Bertz CT molecular complexity index is 705. The molecule has 2 aromatic rings. The molecule has 1 aromatic carbocycles. The number of carbonyl (C=O) groups is 2. The first-order valence-electron chi connectivity index (χ1n) is 8.40. The molecule has 0 aliphatic carbocycles. The summed E-state index contributed by atoms with van der Waals surface area (Å²) >= 11 is 1.42. The van der Waals surface area contributed by atoms with Crippen molar-refractivity contribution in [3.05, 3.63) is 57.8 Å². The summed E-state index contributed by atoms with van der Waals surface area (Å²) < 4.78 is 5.34. The monoisotopic (exact) mass is 358 g/mol. The van der Waals surface area contributed by atoms with Gasteiger partial charge >= 0.3 is 0 Å². The molecule has 0 saturated carbocycles. The molecule has 25 heavy (non-hydrogen) atoms. The number of carbonyl (C=O) groups excluding carboxylic acids is 2. The van der Waals surface area contributed by atoms with Gasteiger partial charge in [-0.25, -0.2) is 0 Å². The van der Waals surface area contributed by atoms with Crippen LogP contribution in [0, 0.1) is 0 Å². The summed E-state index contributed by atoms with van der Waals surface area (Å²) in [5, 5.41) is 4.77. The molecule has 5 nitrogen and oxygen atoms in total. The first-order valence-corrected chi connectivity index (χ1v) is 9.28. The Morgan fingerprint density at radius 3 is 2.52 bits per heavy atom. The molecule has 2 heterocycles. The molecule has 2 amide bonds. The van der Waals surface area contributed by atoms with Gasteiger partial charge in [-0.05, 0) is 42.0 Å². The maximum Gasteiger partial charge on any atom is 0.261 e. The number of amides is 2. The van der Waals surface area contributed by atoms with Crippen LogP contribution in [-0.2, 0) is 11.3 Å². The number of likely N-dealkylation sites (tertiary alicyclic amines) is 1. The van der Waals surface area contributed by atoms with Gasteiger partial charge in [-0.3, -0.25) is 9.59 Å². The van der Waals surface area contributed by atoms with Crippen molar-refractivity contribution in [2.45, 2.75) is 25.5 Å². The highest BCUT2D eigenvalue weighted by Gasteiger charge is 2.23. The summed E-state index contributed by atoms with van der Waals surface area (Å²) in [5.41, 5.74) is 1.66. The van der Waals surface area contributed by atoms with Gasteiger partial charge in [-0.1, -0.05) is 18.2 Å². The molecule has 132 valence electrons. The van der Waals surface area contributed by atoms with Crippen LogP contribution in [0.2, 0.25) is 0 Å². The average molecular weight is 358 g/mol. The van der Waals surface area contributed by atoms with E-state index in [0.717, 1.165) is 31.5 Å². The number of methoxy groups -OCH3 is 1. The lowest BCUT2D eigenvalue weighted by Crippen LogP contribution is -2.40. The molecular formula is C19H22N2O3S. The number of hydrogen-bond donors (Lipinski definition) is 1. The van der Waals surface area contributed by atoms with Crippen LogP contribution in [0.5, 0.6) is 0 Å². The van der Waals surface area contributed by atoms with Crippen LogP contribution < -0.4 is 5.32 Å². The molecule has 0 atom stereocenters. The second-order valence-electron chi connectivity index (χ2n) is 6.08. The summed E-state index contributed by atoms with van der Waals surface area (Å²) in [7, 11) is 1.72. The Morgan fingerprint density at radius 1 is 1.20 bits per heavy atom. The number of nitrogens with one attached hydrogen (secondary N) is 1. The van der Waals surface area contributed by atoms with E-state index >= 15 is 0 Å². The highest BCUT2D eigenvalue weighted by atomic mass is 32.1. The smallest absolute Gasteiger partial charge is 0.261 e. The Balaban J connectivity index is 1.53. The second kappa shape index (κ2) is 8.27. The zero-order chi connectivity index (χ0) is 17.6. The number of thiophene rings is 1. The standard InChI is InChI=1S/C19H22N2O3S/c1-24-16-8-10-21(11-9-16)19(23)15-6-4-14(5-7-15)13-20-18(22)17-3-2-12-25-17/h2-7,12,16H,8-11,13H2,1H3,(H,20,22). The van der Waals surface area contributed by atoms with E-state index in [9.17, 15) is 9.59 Å². The van der Waals surface area contributed by atoms with Crippen molar-refractivity contribution < 1.29 is 14.3 Å². The second-order valence-corrected chi connectivity index (χ2v) is 7.03. The molecular weight excluding hydrogens is 336 g/mol. The van der Waals surface area contributed by atoms with Crippen LogP contribution in [-0.4, -0.2) is 43.0 Å². The molecule has 0 radical (unpaired) electrons. The predicted octanol–water partition coefficient (Wildman–Crippen LogP) is 2.93. The summed E-state index contributed by atoms with van der Waals surface area (Å²) in [5.74, 6) is -0.0140. The third-order valence-corrected chi connectivity index (χ3v) is 5.33. The van der Waals surface area contributed by atoms with E-state index in [1.165, 1.54) is 11.3 Å². The van der Waals surface area contributed by atoms with Gasteiger partial charge in [-0.15, -0.1) is 11.3 Å². The number of piperidine rings is 1. The molecule has 1 aliphatic rings. The van der Waals surface area contributed by atoms with E-state index in [0.29, 0.717) is 17.0 Å². The number of hydrogen-bond acceptors (Lipinski definition) is 4. The predicted molar refractivity (Wildman–Crippen MR) is 97.9 cm³/mol. The van der Waals surface area contributed by atoms with Gasteiger partial charge in [0.1, 0.15) is 0 Å². The lowest BCUT2D eigenvalue weighted by Gasteiger charge is -2.31. The SMILES string of the molecule is COC1CCN(C(=O)c2ccc(CNC(=O)c3cccs3)cc2)CC1. The number of rotatable bonds is 5. The van der Waals surface area contributed by atoms with Crippen LogP contribution in [0.4, 0.5) is 0 Å². The van der Waals surface area contributed by atoms with Crippen molar-refractivity contribution in [2.75, 3.05) is 20.2 Å². The summed E-state index contributed by atoms with van der Waals surface area (Å²) in [4.78, 5) is 27.1. The highest BCUT2D eigenvalue weighted by molar-refractivity contribution is 7.12. The topological polar surface area (TPSA) is 58.6 Å². The largest absolute Gasteiger partial charge is 0.381 e. The first kappa shape index (κ1) is 17.6. The Hall–Kier alpha value is -2.18. The van der Waals surface area contributed by atoms with Crippen molar-refractivity contribution >= 4 is 23.2 Å². The molecule has 0 unspecified atom stereocenters. The third-order valence-electron chi connectivity index (χ3n) is 4.46. The molecule has 1 aliphatic heterocycles. The Kier molecular flexibility index (Phi) is 5.83. The van der Waals surface area contributed by atoms with Gasteiger partial charge in [0, 0.05) is 32.3 Å². The molecule has 1 saturated heterocycles. The molecule has 1 N–H and O–H groups in total. The zero-order valence-corrected chi connectivity index (χ0v) is 15.1. The van der Waals surface area contributed by atoms with E-state index in [4.69, 9.17) is 4.74 Å². The molecule has 1 aromatic heterocycles. The zero-order valence-electron chi connectivity index (χ0n) is 14.2. The summed E-state index contributed by atoms with van der Waals surface area (Å²) in [6, 6.07) is 11.1. The molecule has 0 bridgehead atoms. The minimum atomic E-state index is -0.0730. The van der Waals surface area contributed by atoms with Gasteiger partial charge in [0.2, 0.25) is 0 Å². The molecule has 0 spiro atoms. The number of benzene rings is 1. The summed E-state index contributed by atoms with van der Waals surface area (Å²) in [6.07, 6.45) is 2.03. The minimum Gasteiger partial charge on any atom is -0.381 e. The third kappa shape index (κ3) is 4.46. The van der Waals surface area contributed by atoms with Crippen molar-refractivity contribution in [2.24, 2.45) is 0 Å². The van der Waals surface area contributed by atoms with E-state index in [-0.39, 0.29) is 17.9 Å². The Morgan fingerprint density at radius 2 is 1.92 bits per heavy atom. The van der Waals surface area contributed by atoms with Gasteiger partial charge in [0.25, 0.3) is 11.8 Å².